The Bertz CT molecular complexity index is 1090. The zero-order chi connectivity index (χ0) is 18.6. The number of hydrogen-bond acceptors (Lipinski definition) is 3. The lowest BCUT2D eigenvalue weighted by Gasteiger charge is -2.10. The highest BCUT2D eigenvalue weighted by molar-refractivity contribution is 9.10. The first kappa shape index (κ1) is 17.4. The van der Waals surface area contributed by atoms with Gasteiger partial charge in [-0.25, -0.2) is 9.78 Å². The summed E-state index contributed by atoms with van der Waals surface area (Å²) in [5.74, 6) is -0.353. The van der Waals surface area contributed by atoms with E-state index in [4.69, 9.17) is 9.72 Å². The van der Waals surface area contributed by atoms with Gasteiger partial charge in [-0.2, -0.15) is 0 Å². The van der Waals surface area contributed by atoms with E-state index in [-0.39, 0.29) is 12.6 Å². The van der Waals surface area contributed by atoms with Crippen molar-refractivity contribution in [2.45, 2.75) is 6.61 Å². The molecule has 0 aliphatic rings. The Labute approximate surface area is 165 Å². The summed E-state index contributed by atoms with van der Waals surface area (Å²) in [7, 11) is 0. The number of ether oxygens (including phenoxy) is 1. The molecule has 4 rings (SSSR count). The van der Waals surface area contributed by atoms with Gasteiger partial charge in [0.25, 0.3) is 0 Å². The Kier molecular flexibility index (Phi) is 4.99. The lowest BCUT2D eigenvalue weighted by molar-refractivity contribution is 0.0475. The minimum atomic E-state index is -0.353. The second kappa shape index (κ2) is 7.72. The molecule has 0 N–H and O–H groups in total. The van der Waals surface area contributed by atoms with Crippen molar-refractivity contribution in [2.24, 2.45) is 0 Å². The Morgan fingerprint density at radius 3 is 2.37 bits per heavy atom. The van der Waals surface area contributed by atoms with Crippen molar-refractivity contribution in [3.63, 3.8) is 0 Å². The van der Waals surface area contributed by atoms with Crippen LogP contribution in [0.2, 0.25) is 0 Å². The van der Waals surface area contributed by atoms with Crippen molar-refractivity contribution in [3.8, 4) is 11.3 Å². The van der Waals surface area contributed by atoms with E-state index in [1.54, 1.807) is 0 Å². The van der Waals surface area contributed by atoms with E-state index >= 15 is 0 Å². The highest BCUT2D eigenvalue weighted by Crippen LogP contribution is 2.25. The molecular formula is C23H16BrNO2. The molecule has 3 aromatic carbocycles. The molecule has 0 aliphatic heterocycles. The maximum Gasteiger partial charge on any atom is 0.339 e. The molecule has 1 aromatic heterocycles. The predicted octanol–water partition coefficient (Wildman–Crippen LogP) is 6.02. The summed E-state index contributed by atoms with van der Waals surface area (Å²) in [4.78, 5) is 17.5. The molecule has 0 bridgehead atoms. The molecule has 0 spiro atoms. The second-order valence-electron chi connectivity index (χ2n) is 6.14. The van der Waals surface area contributed by atoms with Gasteiger partial charge in [-0.3, -0.25) is 0 Å². The Balaban J connectivity index is 1.69. The van der Waals surface area contributed by atoms with Crippen molar-refractivity contribution >= 4 is 32.8 Å². The maximum atomic E-state index is 12.8. The quantitative estimate of drug-likeness (QED) is 0.381. The fourth-order valence-electron chi connectivity index (χ4n) is 2.91. The zero-order valence-electron chi connectivity index (χ0n) is 14.4. The predicted molar refractivity (Wildman–Crippen MR) is 110 cm³/mol. The molecule has 0 amide bonds. The molecule has 0 aliphatic carbocycles. The fraction of sp³-hybridized carbons (Fsp3) is 0.0435. The summed E-state index contributed by atoms with van der Waals surface area (Å²) < 4.78 is 6.56. The van der Waals surface area contributed by atoms with Gasteiger partial charge in [0, 0.05) is 15.4 Å². The van der Waals surface area contributed by atoms with Gasteiger partial charge in [-0.15, -0.1) is 0 Å². The number of carbonyl (C=O) groups excluding carboxylic acids is 1. The average Bonchev–Trinajstić information content (AvgIpc) is 2.73. The lowest BCUT2D eigenvalue weighted by atomic mass is 10.0. The van der Waals surface area contributed by atoms with Gasteiger partial charge in [-0.05, 0) is 29.8 Å². The highest BCUT2D eigenvalue weighted by atomic mass is 79.9. The van der Waals surface area contributed by atoms with Gasteiger partial charge in [0.1, 0.15) is 6.61 Å². The molecule has 1 heterocycles. The molecule has 0 saturated heterocycles. The van der Waals surface area contributed by atoms with Crippen molar-refractivity contribution < 1.29 is 9.53 Å². The van der Waals surface area contributed by atoms with E-state index < -0.39 is 0 Å². The van der Waals surface area contributed by atoms with Crippen LogP contribution >= 0.6 is 15.9 Å². The molecule has 0 fully saturated rings. The SMILES string of the molecule is O=C(OCc1ccc(Br)cc1)c1cc(-c2ccccc2)nc2ccccc12. The zero-order valence-corrected chi connectivity index (χ0v) is 16.0. The van der Waals surface area contributed by atoms with Crippen LogP contribution in [-0.2, 0) is 11.3 Å². The largest absolute Gasteiger partial charge is 0.457 e. The maximum absolute atomic E-state index is 12.8. The minimum absolute atomic E-state index is 0.226. The topological polar surface area (TPSA) is 39.2 Å². The normalized spacial score (nSPS) is 10.7. The van der Waals surface area contributed by atoms with Crippen LogP contribution in [0.25, 0.3) is 22.2 Å². The molecule has 4 aromatic rings. The van der Waals surface area contributed by atoms with Crippen molar-refractivity contribution in [1.82, 2.24) is 4.98 Å². The molecule has 4 heteroatoms. The van der Waals surface area contributed by atoms with Gasteiger partial charge in [0.15, 0.2) is 0 Å². The summed E-state index contributed by atoms with van der Waals surface area (Å²) in [6, 6.07) is 27.0. The summed E-state index contributed by atoms with van der Waals surface area (Å²) in [5.41, 5.74) is 3.95. The molecule has 0 radical (unpaired) electrons. The summed E-state index contributed by atoms with van der Waals surface area (Å²) in [5, 5.41) is 0.790. The minimum Gasteiger partial charge on any atom is -0.457 e. The highest BCUT2D eigenvalue weighted by Gasteiger charge is 2.15. The van der Waals surface area contributed by atoms with Crippen LogP contribution in [0.5, 0.6) is 0 Å². The monoisotopic (exact) mass is 417 g/mol. The Morgan fingerprint density at radius 1 is 0.889 bits per heavy atom. The number of pyridine rings is 1. The van der Waals surface area contributed by atoms with Crippen molar-refractivity contribution in [2.75, 3.05) is 0 Å². The molecule has 0 saturated carbocycles. The van der Waals surface area contributed by atoms with Gasteiger partial charge in [0.2, 0.25) is 0 Å². The second-order valence-corrected chi connectivity index (χ2v) is 7.06. The summed E-state index contributed by atoms with van der Waals surface area (Å²) in [6.45, 7) is 0.226. The number of aromatic nitrogens is 1. The molecule has 3 nitrogen and oxygen atoms in total. The Hall–Kier alpha value is -2.98. The van der Waals surface area contributed by atoms with Crippen molar-refractivity contribution in [1.29, 1.82) is 0 Å². The number of halogens is 1. The fourth-order valence-corrected chi connectivity index (χ4v) is 3.17. The standard InChI is InChI=1S/C23H16BrNO2/c24-18-12-10-16(11-13-18)15-27-23(26)20-14-22(17-6-2-1-3-7-17)25-21-9-5-4-8-19(20)21/h1-14H,15H2. The van der Waals surface area contributed by atoms with Crippen LogP contribution in [0.15, 0.2) is 89.4 Å². The van der Waals surface area contributed by atoms with Gasteiger partial charge in [0.05, 0.1) is 16.8 Å². The first-order valence-electron chi connectivity index (χ1n) is 8.57. The first-order valence-corrected chi connectivity index (χ1v) is 9.37. The third kappa shape index (κ3) is 3.91. The van der Waals surface area contributed by atoms with Crippen LogP contribution in [0.4, 0.5) is 0 Å². The molecule has 132 valence electrons. The summed E-state index contributed by atoms with van der Waals surface area (Å²) >= 11 is 3.40. The number of fused-ring (bicyclic) bond motifs is 1. The van der Waals surface area contributed by atoms with Gasteiger partial charge >= 0.3 is 5.97 Å². The smallest absolute Gasteiger partial charge is 0.339 e. The third-order valence-corrected chi connectivity index (χ3v) is 4.82. The van der Waals surface area contributed by atoms with E-state index in [1.807, 2.05) is 84.9 Å². The summed E-state index contributed by atoms with van der Waals surface area (Å²) in [6.07, 6.45) is 0. The number of rotatable bonds is 4. The number of esters is 1. The van der Waals surface area contributed by atoms with Crippen LogP contribution in [0, 0.1) is 0 Å². The van der Waals surface area contributed by atoms with Crippen LogP contribution in [0.1, 0.15) is 15.9 Å². The number of carbonyl (C=O) groups is 1. The lowest BCUT2D eigenvalue weighted by Crippen LogP contribution is -2.07. The van der Waals surface area contributed by atoms with Gasteiger partial charge in [-0.1, -0.05) is 76.6 Å². The molecule has 27 heavy (non-hydrogen) atoms. The van der Waals surface area contributed by atoms with E-state index in [0.29, 0.717) is 5.56 Å². The number of para-hydroxylation sites is 1. The van der Waals surface area contributed by atoms with Crippen LogP contribution < -0.4 is 0 Å². The van der Waals surface area contributed by atoms with E-state index in [2.05, 4.69) is 15.9 Å². The van der Waals surface area contributed by atoms with Crippen LogP contribution in [0.3, 0.4) is 0 Å². The van der Waals surface area contributed by atoms with Crippen LogP contribution in [-0.4, -0.2) is 11.0 Å². The Morgan fingerprint density at radius 2 is 1.59 bits per heavy atom. The third-order valence-electron chi connectivity index (χ3n) is 4.29. The van der Waals surface area contributed by atoms with E-state index in [9.17, 15) is 4.79 Å². The first-order chi connectivity index (χ1) is 13.2. The van der Waals surface area contributed by atoms with Crippen molar-refractivity contribution in [3.05, 3.63) is 101 Å². The molecule has 0 atom stereocenters. The molecular weight excluding hydrogens is 402 g/mol. The number of hydrogen-bond donors (Lipinski definition) is 0. The average molecular weight is 418 g/mol. The van der Waals surface area contributed by atoms with E-state index in [0.717, 1.165) is 32.2 Å². The van der Waals surface area contributed by atoms with E-state index in [1.165, 1.54) is 0 Å². The number of nitrogens with zero attached hydrogens (tertiary/aromatic N) is 1. The molecule has 0 unspecified atom stereocenters. The number of benzene rings is 3. The van der Waals surface area contributed by atoms with Gasteiger partial charge < -0.3 is 4.74 Å².